The van der Waals surface area contributed by atoms with Crippen LogP contribution >= 0.6 is 0 Å². The molecule has 0 saturated heterocycles. The second kappa shape index (κ2) is 3.91. The zero-order valence-electron chi connectivity index (χ0n) is 8.00. The highest BCUT2D eigenvalue weighted by molar-refractivity contribution is 5.98. The molecule has 1 aliphatic carbocycles. The molecule has 0 unspecified atom stereocenters. The van der Waals surface area contributed by atoms with E-state index in [0.717, 1.165) is 25.7 Å². The lowest BCUT2D eigenvalue weighted by atomic mass is 9.96. The molecule has 2 rings (SSSR count). The van der Waals surface area contributed by atoms with E-state index in [4.69, 9.17) is 0 Å². The van der Waals surface area contributed by atoms with E-state index in [2.05, 4.69) is 0 Å². The lowest BCUT2D eigenvalue weighted by molar-refractivity contribution is 0.0918. The molecule has 1 saturated carbocycles. The number of hydrogen-bond acceptors (Lipinski definition) is 1. The van der Waals surface area contributed by atoms with Crippen molar-refractivity contribution < 1.29 is 9.18 Å². The fourth-order valence-electron chi connectivity index (χ4n) is 2.07. The van der Waals surface area contributed by atoms with Gasteiger partial charge in [0.1, 0.15) is 5.82 Å². The second-order valence-corrected chi connectivity index (χ2v) is 3.83. The Kier molecular flexibility index (Phi) is 2.62. The summed E-state index contributed by atoms with van der Waals surface area (Å²) in [5, 5.41) is 0. The first kappa shape index (κ1) is 9.38. The topological polar surface area (TPSA) is 17.1 Å². The molecule has 14 heavy (non-hydrogen) atoms. The van der Waals surface area contributed by atoms with Gasteiger partial charge in [0.15, 0.2) is 5.78 Å². The van der Waals surface area contributed by atoms with Crippen LogP contribution in [0.25, 0.3) is 0 Å². The second-order valence-electron chi connectivity index (χ2n) is 3.83. The van der Waals surface area contributed by atoms with Gasteiger partial charge in [-0.15, -0.1) is 0 Å². The summed E-state index contributed by atoms with van der Waals surface area (Å²) in [6.07, 6.45) is 4.05. The van der Waals surface area contributed by atoms with Crippen molar-refractivity contribution in [3.63, 3.8) is 0 Å². The number of rotatable bonds is 2. The third-order valence-corrected chi connectivity index (χ3v) is 2.87. The smallest absolute Gasteiger partial charge is 0.168 e. The summed E-state index contributed by atoms with van der Waals surface area (Å²) in [7, 11) is 0. The molecule has 0 spiro atoms. The van der Waals surface area contributed by atoms with Gasteiger partial charge in [0.25, 0.3) is 0 Å². The molecular weight excluding hydrogens is 179 g/mol. The quantitative estimate of drug-likeness (QED) is 0.657. The Balaban J connectivity index is 2.22. The maximum atomic E-state index is 13.3. The van der Waals surface area contributed by atoms with Crippen molar-refractivity contribution in [2.75, 3.05) is 0 Å². The molecular formula is C12H13FO. The minimum Gasteiger partial charge on any atom is -0.294 e. The minimum atomic E-state index is -0.385. The summed E-state index contributed by atoms with van der Waals surface area (Å²) in [4.78, 5) is 11.8. The summed E-state index contributed by atoms with van der Waals surface area (Å²) in [5.74, 6) is -0.336. The van der Waals surface area contributed by atoms with Gasteiger partial charge in [-0.1, -0.05) is 25.0 Å². The van der Waals surface area contributed by atoms with Crippen molar-refractivity contribution in [1.29, 1.82) is 0 Å². The fraction of sp³-hybridized carbons (Fsp3) is 0.417. The third-order valence-electron chi connectivity index (χ3n) is 2.87. The Morgan fingerprint density at radius 1 is 1.21 bits per heavy atom. The van der Waals surface area contributed by atoms with Crippen molar-refractivity contribution in [2.24, 2.45) is 5.92 Å². The Bertz CT molecular complexity index is 340. The van der Waals surface area contributed by atoms with Gasteiger partial charge in [0.2, 0.25) is 0 Å². The maximum Gasteiger partial charge on any atom is 0.168 e. The van der Waals surface area contributed by atoms with Gasteiger partial charge in [0, 0.05) is 5.92 Å². The van der Waals surface area contributed by atoms with Crippen molar-refractivity contribution in [2.45, 2.75) is 25.7 Å². The van der Waals surface area contributed by atoms with E-state index in [1.54, 1.807) is 18.2 Å². The largest absolute Gasteiger partial charge is 0.294 e. The van der Waals surface area contributed by atoms with Gasteiger partial charge in [-0.05, 0) is 25.0 Å². The minimum absolute atomic E-state index is 0.0133. The molecule has 1 aliphatic rings. The molecule has 0 radical (unpaired) electrons. The van der Waals surface area contributed by atoms with Gasteiger partial charge in [-0.2, -0.15) is 0 Å². The molecule has 74 valence electrons. The van der Waals surface area contributed by atoms with Crippen molar-refractivity contribution in [3.8, 4) is 0 Å². The molecule has 0 aromatic heterocycles. The fourth-order valence-corrected chi connectivity index (χ4v) is 2.07. The van der Waals surface area contributed by atoms with E-state index in [0.29, 0.717) is 0 Å². The van der Waals surface area contributed by atoms with E-state index in [-0.39, 0.29) is 23.1 Å². The number of halogens is 1. The van der Waals surface area contributed by atoms with E-state index >= 15 is 0 Å². The van der Waals surface area contributed by atoms with Crippen LogP contribution in [0.15, 0.2) is 24.3 Å². The molecule has 0 heterocycles. The number of Topliss-reactive ketones (excluding diaryl/α,β-unsaturated/α-hetero) is 1. The van der Waals surface area contributed by atoms with Crippen LogP contribution in [-0.2, 0) is 0 Å². The number of ketones is 1. The highest BCUT2D eigenvalue weighted by Crippen LogP contribution is 2.28. The monoisotopic (exact) mass is 192 g/mol. The highest BCUT2D eigenvalue weighted by Gasteiger charge is 2.25. The molecule has 1 aromatic carbocycles. The number of benzene rings is 1. The summed E-state index contributed by atoms with van der Waals surface area (Å²) >= 11 is 0. The predicted octanol–water partition coefficient (Wildman–Crippen LogP) is 3.20. The number of carbonyl (C=O) groups is 1. The average Bonchev–Trinajstić information content (AvgIpc) is 2.70. The van der Waals surface area contributed by atoms with Crippen LogP contribution in [0.2, 0.25) is 0 Å². The lowest BCUT2D eigenvalue weighted by Crippen LogP contribution is -2.12. The third kappa shape index (κ3) is 1.69. The molecule has 1 nitrogen and oxygen atoms in total. The first-order valence-electron chi connectivity index (χ1n) is 5.08. The highest BCUT2D eigenvalue weighted by atomic mass is 19.1. The van der Waals surface area contributed by atoms with Crippen LogP contribution < -0.4 is 0 Å². The zero-order chi connectivity index (χ0) is 9.97. The maximum absolute atomic E-state index is 13.3. The standard InChI is InChI=1S/C12H13FO/c13-11-8-4-3-7-10(11)12(14)9-5-1-2-6-9/h3-4,7-9H,1-2,5-6H2. The molecule has 1 fully saturated rings. The summed E-state index contributed by atoms with van der Waals surface area (Å²) in [6.45, 7) is 0. The average molecular weight is 192 g/mol. The Morgan fingerprint density at radius 2 is 1.86 bits per heavy atom. The van der Waals surface area contributed by atoms with Crippen LogP contribution in [0, 0.1) is 11.7 Å². The lowest BCUT2D eigenvalue weighted by Gasteiger charge is -2.07. The van der Waals surface area contributed by atoms with E-state index in [1.807, 2.05) is 0 Å². The first-order chi connectivity index (χ1) is 6.79. The zero-order valence-corrected chi connectivity index (χ0v) is 8.00. The van der Waals surface area contributed by atoms with Crippen LogP contribution in [0.5, 0.6) is 0 Å². The number of hydrogen-bond donors (Lipinski definition) is 0. The number of carbonyl (C=O) groups excluding carboxylic acids is 1. The molecule has 0 N–H and O–H groups in total. The molecule has 0 amide bonds. The summed E-state index contributed by atoms with van der Waals surface area (Å²) in [6, 6.07) is 6.25. The molecule has 2 heteroatoms. The Morgan fingerprint density at radius 3 is 2.50 bits per heavy atom. The molecule has 0 aliphatic heterocycles. The first-order valence-corrected chi connectivity index (χ1v) is 5.08. The van der Waals surface area contributed by atoms with Crippen LogP contribution in [0.1, 0.15) is 36.0 Å². The molecule has 0 atom stereocenters. The van der Waals surface area contributed by atoms with Crippen LogP contribution in [0.4, 0.5) is 4.39 Å². The van der Waals surface area contributed by atoms with Gasteiger partial charge in [-0.3, -0.25) is 4.79 Å². The van der Waals surface area contributed by atoms with Gasteiger partial charge < -0.3 is 0 Å². The van der Waals surface area contributed by atoms with Crippen molar-refractivity contribution >= 4 is 5.78 Å². The normalized spacial score (nSPS) is 17.2. The molecule has 0 bridgehead atoms. The Hall–Kier alpha value is -1.18. The van der Waals surface area contributed by atoms with Gasteiger partial charge in [-0.25, -0.2) is 4.39 Å². The van der Waals surface area contributed by atoms with E-state index < -0.39 is 0 Å². The molecule has 1 aromatic rings. The predicted molar refractivity (Wildman–Crippen MR) is 52.7 cm³/mol. The van der Waals surface area contributed by atoms with Crippen LogP contribution in [0.3, 0.4) is 0 Å². The van der Waals surface area contributed by atoms with E-state index in [1.165, 1.54) is 6.07 Å². The SMILES string of the molecule is O=C(c1ccccc1F)C1CCCC1. The van der Waals surface area contributed by atoms with Crippen molar-refractivity contribution in [1.82, 2.24) is 0 Å². The van der Waals surface area contributed by atoms with Gasteiger partial charge >= 0.3 is 0 Å². The summed E-state index contributed by atoms with van der Waals surface area (Å²) < 4.78 is 13.3. The Labute approximate surface area is 82.9 Å². The van der Waals surface area contributed by atoms with Crippen molar-refractivity contribution in [3.05, 3.63) is 35.6 Å². The van der Waals surface area contributed by atoms with Crippen LogP contribution in [-0.4, -0.2) is 5.78 Å². The summed E-state index contributed by atoms with van der Waals surface area (Å²) in [5.41, 5.74) is 0.263. The van der Waals surface area contributed by atoms with Gasteiger partial charge in [0.05, 0.1) is 5.56 Å². The van der Waals surface area contributed by atoms with E-state index in [9.17, 15) is 9.18 Å².